The zero-order chi connectivity index (χ0) is 12.1. The number of hydrogen-bond acceptors (Lipinski definition) is 2. The summed E-state index contributed by atoms with van der Waals surface area (Å²) in [7, 11) is 0. The van der Waals surface area contributed by atoms with E-state index in [1.807, 2.05) is 0 Å². The largest absolute Gasteiger partial charge is 0.523 e. The van der Waals surface area contributed by atoms with Gasteiger partial charge in [0.1, 0.15) is 11.6 Å². The Bertz CT molecular complexity index is 468. The van der Waals surface area contributed by atoms with Gasteiger partial charge < -0.3 is 10.4 Å². The Kier molecular flexibility index (Phi) is 3.62. The third-order valence-electron chi connectivity index (χ3n) is 1.77. The van der Waals surface area contributed by atoms with Gasteiger partial charge in [0.25, 0.3) is 11.6 Å². The molecule has 4 nitrogen and oxygen atoms in total. The van der Waals surface area contributed by atoms with Gasteiger partial charge in [-0.25, -0.2) is 9.24 Å². The number of amides is 1. The molecule has 0 saturated heterocycles. The van der Waals surface area contributed by atoms with Gasteiger partial charge in [-0.05, 0) is 31.2 Å². The third kappa shape index (κ3) is 2.82. The number of aliphatic hydroxyl groups excluding tert-OH is 1. The number of carbonyl (C=O) groups is 1. The van der Waals surface area contributed by atoms with Crippen molar-refractivity contribution in [3.8, 4) is 0 Å². The van der Waals surface area contributed by atoms with Crippen molar-refractivity contribution < 1.29 is 14.3 Å². The Labute approximate surface area is 91.8 Å². The molecule has 2 N–H and O–H groups in total. The van der Waals surface area contributed by atoms with Crippen LogP contribution in [-0.2, 0) is 4.79 Å². The first-order valence-electron chi connectivity index (χ1n) is 4.39. The van der Waals surface area contributed by atoms with Gasteiger partial charge >= 0.3 is 0 Å². The fraction of sp³-hybridized carbons (Fsp3) is 0.0909. The molecule has 0 radical (unpaired) electrons. The van der Waals surface area contributed by atoms with Gasteiger partial charge in [-0.15, -0.1) is 0 Å². The van der Waals surface area contributed by atoms with E-state index in [0.29, 0.717) is 5.69 Å². The lowest BCUT2D eigenvalue weighted by Crippen LogP contribution is -2.13. The summed E-state index contributed by atoms with van der Waals surface area (Å²) < 4.78 is 12.6. The fourth-order valence-electron chi connectivity index (χ4n) is 1.02. The molecule has 0 saturated carbocycles. The maximum atomic E-state index is 12.6. The molecule has 0 fully saturated rings. The molecule has 0 heterocycles. The second kappa shape index (κ2) is 4.94. The van der Waals surface area contributed by atoms with E-state index >= 15 is 0 Å². The Morgan fingerprint density at radius 2 is 2.00 bits per heavy atom. The lowest BCUT2D eigenvalue weighted by molar-refractivity contribution is -0.112. The number of carbonyl (C=O) groups excluding carboxylic acids is 1. The molecule has 0 aromatic heterocycles. The number of benzene rings is 1. The van der Waals surface area contributed by atoms with E-state index in [-0.39, 0.29) is 11.5 Å². The Balaban J connectivity index is 2.84. The zero-order valence-corrected chi connectivity index (χ0v) is 8.49. The Morgan fingerprint density at radius 1 is 1.44 bits per heavy atom. The summed E-state index contributed by atoms with van der Waals surface area (Å²) in [5.41, 5.74) is -0.0295. The monoisotopic (exact) mass is 220 g/mol. The average molecular weight is 220 g/mol. The zero-order valence-electron chi connectivity index (χ0n) is 8.49. The Hall–Kier alpha value is -2.35. The molecule has 0 aliphatic rings. The van der Waals surface area contributed by atoms with Crippen LogP contribution in [0.4, 0.5) is 10.1 Å². The highest BCUT2D eigenvalue weighted by Gasteiger charge is 2.13. The number of hydrogen-bond donors (Lipinski definition) is 2. The van der Waals surface area contributed by atoms with E-state index in [0.717, 1.165) is 0 Å². The predicted octanol–water partition coefficient (Wildman–Crippen LogP) is 2.47. The van der Waals surface area contributed by atoms with Crippen molar-refractivity contribution in [2.24, 2.45) is 0 Å². The van der Waals surface area contributed by atoms with E-state index in [2.05, 4.69) is 10.2 Å². The van der Waals surface area contributed by atoms with Gasteiger partial charge in [-0.2, -0.15) is 0 Å². The number of allylic oxidation sites excluding steroid dienone is 1. The van der Waals surface area contributed by atoms with Gasteiger partial charge in [0.15, 0.2) is 0 Å². The van der Waals surface area contributed by atoms with Gasteiger partial charge in [0.2, 0.25) is 0 Å². The summed E-state index contributed by atoms with van der Waals surface area (Å²) in [5, 5.41) is 11.4. The van der Waals surface area contributed by atoms with Crippen molar-refractivity contribution >= 4 is 11.6 Å². The lowest BCUT2D eigenvalue weighted by Gasteiger charge is -2.04. The van der Waals surface area contributed by atoms with Crippen LogP contribution >= 0.6 is 0 Å². The molecule has 1 amide bonds. The Morgan fingerprint density at radius 3 is 2.44 bits per heavy atom. The van der Waals surface area contributed by atoms with Crippen LogP contribution in [0, 0.1) is 12.4 Å². The second-order valence-electron chi connectivity index (χ2n) is 3.01. The maximum absolute atomic E-state index is 12.6. The van der Waals surface area contributed by atoms with Crippen molar-refractivity contribution in [1.82, 2.24) is 0 Å². The molecule has 5 heteroatoms. The molecule has 0 spiro atoms. The van der Waals surface area contributed by atoms with Crippen molar-refractivity contribution in [2.75, 3.05) is 5.32 Å². The molecular formula is C11H9FN2O2. The van der Waals surface area contributed by atoms with Gasteiger partial charge in [0.05, 0.1) is 6.57 Å². The lowest BCUT2D eigenvalue weighted by atomic mass is 10.3. The topological polar surface area (TPSA) is 53.7 Å². The van der Waals surface area contributed by atoms with Crippen LogP contribution < -0.4 is 5.32 Å². The highest BCUT2D eigenvalue weighted by molar-refractivity contribution is 6.05. The number of halogens is 1. The molecular weight excluding hydrogens is 211 g/mol. The second-order valence-corrected chi connectivity index (χ2v) is 3.01. The van der Waals surface area contributed by atoms with Gasteiger partial charge in [-0.1, -0.05) is 0 Å². The summed E-state index contributed by atoms with van der Waals surface area (Å²) in [6, 6.07) is 5.09. The standard InChI is InChI=1S/C11H9FN2O2/c1-7(15)10(13-2)11(16)14-9-5-3-8(12)4-6-9/h3-6,15H,1H3,(H,14,16)/b10-7-. The molecule has 1 aromatic carbocycles. The highest BCUT2D eigenvalue weighted by atomic mass is 19.1. The molecule has 0 bridgehead atoms. The minimum Gasteiger partial charge on any atom is -0.523 e. The highest BCUT2D eigenvalue weighted by Crippen LogP contribution is 2.11. The van der Waals surface area contributed by atoms with Crippen LogP contribution in [0.15, 0.2) is 35.7 Å². The summed E-state index contributed by atoms with van der Waals surface area (Å²) in [4.78, 5) is 14.3. The summed E-state index contributed by atoms with van der Waals surface area (Å²) in [5.74, 6) is -1.49. The molecule has 0 aliphatic carbocycles. The number of anilines is 1. The number of rotatable bonds is 2. The van der Waals surface area contributed by atoms with E-state index < -0.39 is 11.7 Å². The molecule has 0 atom stereocenters. The van der Waals surface area contributed by atoms with Crippen LogP contribution in [-0.4, -0.2) is 11.0 Å². The fourth-order valence-corrected chi connectivity index (χ4v) is 1.02. The predicted molar refractivity (Wildman–Crippen MR) is 57.0 cm³/mol. The maximum Gasteiger partial charge on any atom is 0.286 e. The minimum absolute atomic E-state index is 0.352. The first kappa shape index (κ1) is 11.7. The molecule has 1 aromatic rings. The minimum atomic E-state index is -0.721. The number of nitrogens with one attached hydrogen (secondary N) is 1. The SMILES string of the molecule is [C-]#[N+]/C(C(=O)Nc1ccc(F)cc1)=C(/C)O. The van der Waals surface area contributed by atoms with Crippen LogP contribution in [0.5, 0.6) is 0 Å². The average Bonchev–Trinajstić information content (AvgIpc) is 2.22. The van der Waals surface area contributed by atoms with Crippen molar-refractivity contribution in [3.05, 3.63) is 53.0 Å². The molecule has 1 rings (SSSR count). The summed E-state index contributed by atoms with van der Waals surface area (Å²) in [6.45, 7) is 7.95. The quantitative estimate of drug-likeness (QED) is 0.457. The first-order valence-corrected chi connectivity index (χ1v) is 4.39. The van der Waals surface area contributed by atoms with Crippen LogP contribution in [0.25, 0.3) is 4.85 Å². The molecule has 16 heavy (non-hydrogen) atoms. The normalized spacial score (nSPS) is 11.3. The number of aliphatic hydroxyl groups is 1. The van der Waals surface area contributed by atoms with E-state index in [1.165, 1.54) is 31.2 Å². The molecule has 0 unspecified atom stereocenters. The van der Waals surface area contributed by atoms with Crippen LogP contribution in [0.3, 0.4) is 0 Å². The summed E-state index contributed by atoms with van der Waals surface area (Å²) >= 11 is 0. The van der Waals surface area contributed by atoms with Crippen LogP contribution in [0.1, 0.15) is 6.92 Å². The van der Waals surface area contributed by atoms with E-state index in [4.69, 9.17) is 11.7 Å². The van der Waals surface area contributed by atoms with Crippen molar-refractivity contribution in [2.45, 2.75) is 6.92 Å². The molecule has 82 valence electrons. The third-order valence-corrected chi connectivity index (χ3v) is 1.77. The van der Waals surface area contributed by atoms with Crippen LogP contribution in [0.2, 0.25) is 0 Å². The first-order chi connectivity index (χ1) is 7.54. The van der Waals surface area contributed by atoms with E-state index in [1.54, 1.807) is 0 Å². The van der Waals surface area contributed by atoms with Crippen molar-refractivity contribution in [3.63, 3.8) is 0 Å². The molecule has 0 aliphatic heterocycles. The number of nitrogens with zero attached hydrogens (tertiary/aromatic N) is 1. The van der Waals surface area contributed by atoms with Crippen molar-refractivity contribution in [1.29, 1.82) is 0 Å². The van der Waals surface area contributed by atoms with Gasteiger partial charge in [-0.3, -0.25) is 4.79 Å². The van der Waals surface area contributed by atoms with E-state index in [9.17, 15) is 9.18 Å². The smallest absolute Gasteiger partial charge is 0.286 e. The van der Waals surface area contributed by atoms with Gasteiger partial charge in [0, 0.05) is 5.69 Å². The summed E-state index contributed by atoms with van der Waals surface area (Å²) in [6.07, 6.45) is 0.